The SMILES string of the molecule is Cc1nc([P+](C)=O)cn1C. The van der Waals surface area contributed by atoms with Gasteiger partial charge in [-0.2, -0.15) is 4.98 Å². The Bertz CT molecular complexity index is 247. The molecule has 0 aliphatic heterocycles. The van der Waals surface area contributed by atoms with E-state index in [0.29, 0.717) is 5.44 Å². The summed E-state index contributed by atoms with van der Waals surface area (Å²) in [6.45, 7) is 3.56. The van der Waals surface area contributed by atoms with Gasteiger partial charge in [0, 0.05) is 7.05 Å². The van der Waals surface area contributed by atoms with E-state index in [1.807, 2.05) is 18.5 Å². The third-order valence-electron chi connectivity index (χ3n) is 1.42. The van der Waals surface area contributed by atoms with Crippen molar-refractivity contribution in [3.05, 3.63) is 12.0 Å². The lowest BCUT2D eigenvalue weighted by atomic mass is 10.7. The van der Waals surface area contributed by atoms with Crippen molar-refractivity contribution in [3.63, 3.8) is 0 Å². The fraction of sp³-hybridized carbons (Fsp3) is 0.500. The van der Waals surface area contributed by atoms with Crippen molar-refractivity contribution in [3.8, 4) is 0 Å². The second-order valence-corrected chi connectivity index (χ2v) is 3.71. The molecule has 0 radical (unpaired) electrons. The van der Waals surface area contributed by atoms with E-state index in [1.54, 1.807) is 12.9 Å². The maximum atomic E-state index is 10.9. The third kappa shape index (κ3) is 1.24. The minimum absolute atomic E-state index is 0.690. The fourth-order valence-electron chi connectivity index (χ4n) is 0.692. The quantitative estimate of drug-likeness (QED) is 0.565. The molecule has 54 valence electrons. The molecular weight excluding hydrogens is 147 g/mol. The van der Waals surface area contributed by atoms with Crippen LogP contribution < -0.4 is 5.44 Å². The van der Waals surface area contributed by atoms with E-state index in [-0.39, 0.29) is 0 Å². The monoisotopic (exact) mass is 157 g/mol. The lowest BCUT2D eigenvalue weighted by Gasteiger charge is -1.86. The number of imidazole rings is 1. The maximum absolute atomic E-state index is 10.9. The molecular formula is C6H10N2OP+. The first-order chi connectivity index (χ1) is 4.61. The molecule has 1 aromatic rings. The van der Waals surface area contributed by atoms with E-state index in [4.69, 9.17) is 0 Å². The van der Waals surface area contributed by atoms with Crippen LogP contribution in [-0.2, 0) is 11.6 Å². The van der Waals surface area contributed by atoms with Gasteiger partial charge >= 0.3 is 7.80 Å². The summed E-state index contributed by atoms with van der Waals surface area (Å²) >= 11 is 0. The van der Waals surface area contributed by atoms with Crippen LogP contribution in [0.2, 0.25) is 0 Å². The van der Waals surface area contributed by atoms with E-state index < -0.39 is 7.80 Å². The normalized spacial score (nSPS) is 11.7. The standard InChI is InChI=1S/C6H10N2OP/c1-5-7-6(10(3)9)4-8(5)2/h4H,1-3H3/q+1. The summed E-state index contributed by atoms with van der Waals surface area (Å²) in [5, 5.41) is 0. The number of aromatic nitrogens is 2. The average Bonchev–Trinajstić information content (AvgIpc) is 2.13. The van der Waals surface area contributed by atoms with Crippen LogP contribution in [0.3, 0.4) is 0 Å². The Hall–Kier alpha value is -0.690. The highest BCUT2D eigenvalue weighted by Crippen LogP contribution is 2.11. The van der Waals surface area contributed by atoms with Crippen molar-refractivity contribution < 1.29 is 4.57 Å². The second kappa shape index (κ2) is 2.51. The molecule has 1 heterocycles. The molecule has 0 saturated heterocycles. The minimum atomic E-state index is -1.27. The summed E-state index contributed by atoms with van der Waals surface area (Å²) < 4.78 is 12.8. The molecule has 0 fully saturated rings. The molecule has 0 aliphatic rings. The molecule has 0 saturated carbocycles. The fourth-order valence-corrected chi connectivity index (χ4v) is 1.31. The highest BCUT2D eigenvalue weighted by Gasteiger charge is 2.16. The molecule has 0 N–H and O–H groups in total. The molecule has 1 unspecified atom stereocenters. The molecule has 0 aromatic carbocycles. The van der Waals surface area contributed by atoms with Gasteiger partial charge in [-0.15, -0.1) is 0 Å². The summed E-state index contributed by atoms with van der Waals surface area (Å²) in [6.07, 6.45) is 1.80. The van der Waals surface area contributed by atoms with Gasteiger partial charge in [0.25, 0.3) is 5.44 Å². The average molecular weight is 157 g/mol. The van der Waals surface area contributed by atoms with Crippen LogP contribution in [0.15, 0.2) is 6.20 Å². The topological polar surface area (TPSA) is 34.9 Å². The molecule has 1 rings (SSSR count). The molecule has 0 aliphatic carbocycles. The Morgan fingerprint density at radius 3 is 2.50 bits per heavy atom. The van der Waals surface area contributed by atoms with Crippen LogP contribution in [0.1, 0.15) is 5.82 Å². The van der Waals surface area contributed by atoms with E-state index >= 15 is 0 Å². The predicted molar refractivity (Wildman–Crippen MR) is 41.1 cm³/mol. The third-order valence-corrected chi connectivity index (χ3v) is 2.28. The Morgan fingerprint density at radius 2 is 2.30 bits per heavy atom. The molecule has 1 atom stereocenters. The van der Waals surface area contributed by atoms with E-state index in [0.717, 1.165) is 5.82 Å². The van der Waals surface area contributed by atoms with E-state index in [2.05, 4.69) is 4.98 Å². The first-order valence-electron chi connectivity index (χ1n) is 3.02. The smallest absolute Gasteiger partial charge is 0.334 e. The Morgan fingerprint density at radius 1 is 1.70 bits per heavy atom. The van der Waals surface area contributed by atoms with Crippen molar-refractivity contribution in [2.75, 3.05) is 6.66 Å². The van der Waals surface area contributed by atoms with Gasteiger partial charge in [0.1, 0.15) is 12.5 Å². The zero-order chi connectivity index (χ0) is 7.72. The number of aryl methyl sites for hydroxylation is 2. The molecule has 0 spiro atoms. The number of nitrogens with zero attached hydrogens (tertiary/aromatic N) is 2. The molecule has 3 nitrogen and oxygen atoms in total. The van der Waals surface area contributed by atoms with E-state index in [9.17, 15) is 4.57 Å². The summed E-state index contributed by atoms with van der Waals surface area (Å²) in [5.74, 6) is 0.903. The van der Waals surface area contributed by atoms with Gasteiger partial charge in [-0.1, -0.05) is 4.57 Å². The Labute approximate surface area is 60.9 Å². The van der Waals surface area contributed by atoms with Crippen LogP contribution in [0.5, 0.6) is 0 Å². The van der Waals surface area contributed by atoms with Crippen LogP contribution in [0.4, 0.5) is 0 Å². The first kappa shape index (κ1) is 7.42. The molecule has 0 amide bonds. The summed E-state index contributed by atoms with van der Waals surface area (Å²) in [5.41, 5.74) is 0.690. The first-order valence-corrected chi connectivity index (χ1v) is 4.73. The number of hydrogen-bond donors (Lipinski definition) is 0. The Balaban J connectivity index is 3.10. The van der Waals surface area contributed by atoms with Crippen LogP contribution >= 0.6 is 7.80 Å². The van der Waals surface area contributed by atoms with Crippen LogP contribution in [-0.4, -0.2) is 16.2 Å². The van der Waals surface area contributed by atoms with Crippen molar-refractivity contribution >= 4 is 13.2 Å². The van der Waals surface area contributed by atoms with Crippen molar-refractivity contribution in [1.82, 2.24) is 9.55 Å². The van der Waals surface area contributed by atoms with Gasteiger partial charge < -0.3 is 4.57 Å². The highest BCUT2D eigenvalue weighted by molar-refractivity contribution is 7.52. The summed E-state index contributed by atoms with van der Waals surface area (Å²) in [6, 6.07) is 0. The zero-order valence-electron chi connectivity index (χ0n) is 6.33. The Kier molecular flexibility index (Phi) is 1.86. The van der Waals surface area contributed by atoms with Gasteiger partial charge in [0.05, 0.1) is 6.20 Å². The summed E-state index contributed by atoms with van der Waals surface area (Å²) in [7, 11) is 0.621. The molecule has 0 bridgehead atoms. The summed E-state index contributed by atoms with van der Waals surface area (Å²) in [4.78, 5) is 4.09. The number of rotatable bonds is 1. The maximum Gasteiger partial charge on any atom is 0.395 e. The van der Waals surface area contributed by atoms with Gasteiger partial charge in [-0.25, -0.2) is 0 Å². The van der Waals surface area contributed by atoms with Crippen molar-refractivity contribution in [2.45, 2.75) is 6.92 Å². The van der Waals surface area contributed by atoms with Gasteiger partial charge in [-0.3, -0.25) is 0 Å². The van der Waals surface area contributed by atoms with Crippen LogP contribution in [0.25, 0.3) is 0 Å². The minimum Gasteiger partial charge on any atom is -0.334 e. The molecule has 4 heteroatoms. The largest absolute Gasteiger partial charge is 0.395 e. The van der Waals surface area contributed by atoms with Crippen molar-refractivity contribution in [2.24, 2.45) is 7.05 Å². The zero-order valence-corrected chi connectivity index (χ0v) is 7.22. The van der Waals surface area contributed by atoms with Gasteiger partial charge in [0.15, 0.2) is 0 Å². The van der Waals surface area contributed by atoms with E-state index in [1.165, 1.54) is 0 Å². The lowest BCUT2D eigenvalue weighted by molar-refractivity contribution is 0.596. The molecule has 10 heavy (non-hydrogen) atoms. The van der Waals surface area contributed by atoms with Crippen molar-refractivity contribution in [1.29, 1.82) is 0 Å². The second-order valence-electron chi connectivity index (χ2n) is 2.25. The number of hydrogen-bond acceptors (Lipinski definition) is 2. The molecule has 1 aromatic heterocycles. The lowest BCUT2D eigenvalue weighted by Crippen LogP contribution is -1.94. The predicted octanol–water partition coefficient (Wildman–Crippen LogP) is 0.811. The highest BCUT2D eigenvalue weighted by atomic mass is 31.1. The van der Waals surface area contributed by atoms with Crippen LogP contribution in [0, 0.1) is 6.92 Å². The van der Waals surface area contributed by atoms with Gasteiger partial charge in [0.2, 0.25) is 0 Å². The van der Waals surface area contributed by atoms with Gasteiger partial charge in [-0.05, 0) is 6.92 Å².